The molecule has 1 aromatic rings. The number of alkyl halides is 1. The van der Waals surface area contributed by atoms with Crippen LogP contribution in [0.1, 0.15) is 6.42 Å². The molecule has 1 atom stereocenters. The molecular formula is C7H6BrN3O3S. The number of carbonyl (C=O) groups is 1. The highest BCUT2D eigenvalue weighted by Gasteiger charge is 2.31. The molecule has 15 heavy (non-hydrogen) atoms. The smallest absolute Gasteiger partial charge is 0.287 e. The van der Waals surface area contributed by atoms with Crippen LogP contribution in [-0.4, -0.2) is 27.2 Å². The van der Waals surface area contributed by atoms with E-state index >= 15 is 0 Å². The van der Waals surface area contributed by atoms with Crippen LogP contribution in [0.25, 0.3) is 0 Å². The van der Waals surface area contributed by atoms with E-state index in [1.54, 1.807) is 0 Å². The Hall–Kier alpha value is -1.02. The quantitative estimate of drug-likeness (QED) is 0.471. The largest absolute Gasteiger partial charge is 0.345 e. The molecule has 0 spiro atoms. The summed E-state index contributed by atoms with van der Waals surface area (Å²) in [5.74, 6) is -0.0545. The average Bonchev–Trinajstić information content (AvgIpc) is 2.71. The minimum atomic E-state index is -0.507. The van der Waals surface area contributed by atoms with Crippen LogP contribution in [0.5, 0.6) is 0 Å². The standard InChI is InChI=1S/C7H6BrN3O3S/c8-4-1-5(12)10(3-4)7-9-2-6(15-7)11(13)14/h2,4H,1,3H2. The van der Waals surface area contributed by atoms with Gasteiger partial charge in [-0.15, -0.1) is 0 Å². The normalized spacial score (nSPS) is 21.0. The fourth-order valence-corrected chi connectivity index (χ4v) is 2.64. The van der Waals surface area contributed by atoms with Crippen LogP contribution < -0.4 is 4.90 Å². The van der Waals surface area contributed by atoms with E-state index < -0.39 is 4.92 Å². The summed E-state index contributed by atoms with van der Waals surface area (Å²) in [6.45, 7) is 0.517. The number of thiazole rings is 1. The van der Waals surface area contributed by atoms with Gasteiger partial charge in [0.05, 0.1) is 4.92 Å². The fraction of sp³-hybridized carbons (Fsp3) is 0.429. The molecule has 1 saturated heterocycles. The van der Waals surface area contributed by atoms with Crippen molar-refractivity contribution in [3.8, 4) is 0 Å². The summed E-state index contributed by atoms with van der Waals surface area (Å²) in [7, 11) is 0. The van der Waals surface area contributed by atoms with Gasteiger partial charge in [-0.1, -0.05) is 15.9 Å². The van der Waals surface area contributed by atoms with Crippen molar-refractivity contribution in [2.24, 2.45) is 0 Å². The van der Waals surface area contributed by atoms with E-state index in [4.69, 9.17) is 0 Å². The molecule has 1 aliphatic heterocycles. The Morgan fingerprint density at radius 3 is 2.93 bits per heavy atom. The Balaban J connectivity index is 2.23. The minimum absolute atomic E-state index is 0.0455. The van der Waals surface area contributed by atoms with Crippen molar-refractivity contribution in [1.82, 2.24) is 4.98 Å². The molecule has 0 aromatic carbocycles. The van der Waals surface area contributed by atoms with Crippen molar-refractivity contribution < 1.29 is 9.72 Å². The number of hydrogen-bond acceptors (Lipinski definition) is 5. The third-order valence-corrected chi connectivity index (χ3v) is 3.56. The Bertz CT molecular complexity index is 421. The SMILES string of the molecule is O=C1CC(Br)CN1c1ncc([N+](=O)[O-])s1. The number of anilines is 1. The van der Waals surface area contributed by atoms with E-state index in [-0.39, 0.29) is 15.7 Å². The maximum absolute atomic E-state index is 11.5. The molecular weight excluding hydrogens is 286 g/mol. The topological polar surface area (TPSA) is 76.3 Å². The molecule has 6 nitrogen and oxygen atoms in total. The Morgan fingerprint density at radius 2 is 2.47 bits per heavy atom. The van der Waals surface area contributed by atoms with Gasteiger partial charge in [0.2, 0.25) is 5.91 Å². The van der Waals surface area contributed by atoms with Gasteiger partial charge in [0.1, 0.15) is 6.20 Å². The number of hydrogen-bond donors (Lipinski definition) is 0. The van der Waals surface area contributed by atoms with Gasteiger partial charge in [-0.2, -0.15) is 0 Å². The predicted octanol–water partition coefficient (Wildman–Crippen LogP) is 1.55. The van der Waals surface area contributed by atoms with Crippen LogP contribution in [0.4, 0.5) is 10.1 Å². The molecule has 8 heteroatoms. The van der Waals surface area contributed by atoms with Crippen LogP contribution in [0.2, 0.25) is 0 Å². The van der Waals surface area contributed by atoms with Gasteiger partial charge in [0.25, 0.3) is 0 Å². The second-order valence-corrected chi connectivity index (χ2v) is 5.33. The highest BCUT2D eigenvalue weighted by Crippen LogP contribution is 2.32. The minimum Gasteiger partial charge on any atom is -0.287 e. The van der Waals surface area contributed by atoms with Crippen LogP contribution in [0.3, 0.4) is 0 Å². The van der Waals surface area contributed by atoms with Crippen molar-refractivity contribution in [3.63, 3.8) is 0 Å². The van der Waals surface area contributed by atoms with Crippen LogP contribution >= 0.6 is 27.3 Å². The van der Waals surface area contributed by atoms with Gasteiger partial charge in [-0.05, 0) is 11.3 Å². The molecule has 0 bridgehead atoms. The van der Waals surface area contributed by atoms with Crippen molar-refractivity contribution in [2.75, 3.05) is 11.4 Å². The van der Waals surface area contributed by atoms with Crippen LogP contribution in [0, 0.1) is 10.1 Å². The number of halogens is 1. The zero-order valence-corrected chi connectivity index (χ0v) is 9.82. The van der Waals surface area contributed by atoms with E-state index in [0.29, 0.717) is 18.1 Å². The third-order valence-electron chi connectivity index (χ3n) is 1.97. The van der Waals surface area contributed by atoms with Gasteiger partial charge >= 0.3 is 5.00 Å². The van der Waals surface area contributed by atoms with Crippen LogP contribution in [0.15, 0.2) is 6.20 Å². The lowest BCUT2D eigenvalue weighted by molar-refractivity contribution is -0.380. The number of nitrogens with zero attached hydrogens (tertiary/aromatic N) is 3. The molecule has 0 saturated carbocycles. The zero-order chi connectivity index (χ0) is 11.0. The van der Waals surface area contributed by atoms with Crippen LogP contribution in [-0.2, 0) is 4.79 Å². The summed E-state index contributed by atoms with van der Waals surface area (Å²) in [6, 6.07) is 0. The Labute approximate surface area is 97.2 Å². The zero-order valence-electron chi connectivity index (χ0n) is 7.42. The number of rotatable bonds is 2. The van der Waals surface area contributed by atoms with Gasteiger partial charge in [-0.3, -0.25) is 19.8 Å². The lowest BCUT2D eigenvalue weighted by Gasteiger charge is -2.09. The van der Waals surface area contributed by atoms with Crippen molar-refractivity contribution in [3.05, 3.63) is 16.3 Å². The molecule has 2 heterocycles. The summed E-state index contributed by atoms with van der Waals surface area (Å²) in [4.78, 5) is 26.8. The molecule has 0 N–H and O–H groups in total. The first-order valence-electron chi connectivity index (χ1n) is 4.12. The molecule has 0 aliphatic carbocycles. The Morgan fingerprint density at radius 1 is 1.73 bits per heavy atom. The molecule has 1 aliphatic rings. The summed E-state index contributed by atoms with van der Waals surface area (Å²) >= 11 is 4.25. The molecule has 2 rings (SSSR count). The molecule has 1 amide bonds. The number of aromatic nitrogens is 1. The van der Waals surface area contributed by atoms with Crippen molar-refractivity contribution >= 4 is 43.3 Å². The van der Waals surface area contributed by atoms with E-state index in [0.717, 1.165) is 11.3 Å². The fourth-order valence-electron chi connectivity index (χ4n) is 1.31. The summed E-state index contributed by atoms with van der Waals surface area (Å²) < 4.78 is 0. The number of nitro groups is 1. The average molecular weight is 292 g/mol. The molecule has 1 aromatic heterocycles. The van der Waals surface area contributed by atoms with E-state index in [1.807, 2.05) is 0 Å². The summed E-state index contributed by atoms with van der Waals surface area (Å²) in [5.41, 5.74) is 0. The molecule has 1 fully saturated rings. The summed E-state index contributed by atoms with van der Waals surface area (Å²) in [5, 5.41) is 10.8. The van der Waals surface area contributed by atoms with E-state index in [1.165, 1.54) is 11.1 Å². The lowest BCUT2D eigenvalue weighted by Crippen LogP contribution is -2.24. The Kier molecular flexibility index (Phi) is 2.70. The molecule has 1 unspecified atom stereocenters. The second kappa shape index (κ2) is 3.86. The van der Waals surface area contributed by atoms with Gasteiger partial charge in [0, 0.05) is 17.8 Å². The molecule has 80 valence electrons. The third kappa shape index (κ3) is 2.00. The predicted molar refractivity (Wildman–Crippen MR) is 58.5 cm³/mol. The first-order valence-corrected chi connectivity index (χ1v) is 5.86. The maximum Gasteiger partial charge on any atom is 0.345 e. The highest BCUT2D eigenvalue weighted by molar-refractivity contribution is 9.09. The monoisotopic (exact) mass is 291 g/mol. The van der Waals surface area contributed by atoms with Gasteiger partial charge in [-0.25, -0.2) is 4.98 Å². The van der Waals surface area contributed by atoms with Gasteiger partial charge in [0.15, 0.2) is 5.13 Å². The van der Waals surface area contributed by atoms with E-state index in [2.05, 4.69) is 20.9 Å². The number of amides is 1. The number of carbonyl (C=O) groups excluding carboxylic acids is 1. The highest BCUT2D eigenvalue weighted by atomic mass is 79.9. The van der Waals surface area contributed by atoms with Gasteiger partial charge < -0.3 is 0 Å². The maximum atomic E-state index is 11.5. The first-order chi connectivity index (χ1) is 7.08. The lowest BCUT2D eigenvalue weighted by atomic mass is 10.4. The van der Waals surface area contributed by atoms with Crippen molar-refractivity contribution in [2.45, 2.75) is 11.2 Å². The van der Waals surface area contributed by atoms with E-state index in [9.17, 15) is 14.9 Å². The van der Waals surface area contributed by atoms with Crippen molar-refractivity contribution in [1.29, 1.82) is 0 Å². The first kappa shape index (κ1) is 10.5. The second-order valence-electron chi connectivity index (χ2n) is 3.04. The summed E-state index contributed by atoms with van der Waals surface area (Å²) in [6.07, 6.45) is 1.59. The molecule has 0 radical (unpaired) electrons.